The number of halogens is 3. The van der Waals surface area contributed by atoms with E-state index < -0.39 is 12.8 Å². The van der Waals surface area contributed by atoms with Crippen molar-refractivity contribution in [2.75, 3.05) is 6.61 Å². The molecule has 2 aromatic heterocycles. The number of hydrogen-bond donors (Lipinski definition) is 1. The van der Waals surface area contributed by atoms with Gasteiger partial charge in [0.15, 0.2) is 6.61 Å². The maximum atomic E-state index is 11.9. The highest BCUT2D eigenvalue weighted by molar-refractivity contribution is 7.71. The zero-order valence-electron chi connectivity index (χ0n) is 8.69. The Hall–Kier alpha value is -1.90. The van der Waals surface area contributed by atoms with Gasteiger partial charge in [-0.25, -0.2) is 10.1 Å². The second-order valence-electron chi connectivity index (χ2n) is 3.21. The molecule has 0 atom stereocenters. The van der Waals surface area contributed by atoms with Gasteiger partial charge in [-0.15, -0.1) is 5.10 Å². The number of hydrogen-bond acceptors (Lipinski definition) is 5. The van der Waals surface area contributed by atoms with E-state index in [2.05, 4.69) is 32.1 Å². The first-order valence-electron chi connectivity index (χ1n) is 4.65. The van der Waals surface area contributed by atoms with E-state index in [9.17, 15) is 13.2 Å². The van der Waals surface area contributed by atoms with Crippen molar-refractivity contribution in [3.63, 3.8) is 0 Å². The van der Waals surface area contributed by atoms with Gasteiger partial charge in [0, 0.05) is 12.3 Å². The quantitative estimate of drug-likeness (QED) is 0.874. The predicted molar refractivity (Wildman–Crippen MR) is 56.5 cm³/mol. The van der Waals surface area contributed by atoms with E-state index in [1.807, 2.05) is 0 Å². The maximum Gasteiger partial charge on any atom is 0.422 e. The summed E-state index contributed by atoms with van der Waals surface area (Å²) in [5, 5.41) is 6.16. The van der Waals surface area contributed by atoms with Crippen molar-refractivity contribution in [2.24, 2.45) is 0 Å². The van der Waals surface area contributed by atoms with Crippen LogP contribution < -0.4 is 4.74 Å². The second kappa shape index (κ2) is 4.77. The van der Waals surface area contributed by atoms with Crippen LogP contribution in [0.2, 0.25) is 0 Å². The molecule has 18 heavy (non-hydrogen) atoms. The van der Waals surface area contributed by atoms with E-state index in [4.69, 9.17) is 4.42 Å². The highest BCUT2D eigenvalue weighted by atomic mass is 32.1. The Balaban J connectivity index is 2.08. The van der Waals surface area contributed by atoms with Crippen LogP contribution >= 0.6 is 12.2 Å². The Morgan fingerprint density at radius 2 is 2.17 bits per heavy atom. The molecule has 0 saturated carbocycles. The molecule has 0 amide bonds. The van der Waals surface area contributed by atoms with Gasteiger partial charge in [-0.1, -0.05) is 0 Å². The molecule has 0 bridgehead atoms. The van der Waals surface area contributed by atoms with Gasteiger partial charge < -0.3 is 9.15 Å². The van der Waals surface area contributed by atoms with Gasteiger partial charge in [-0.3, -0.25) is 0 Å². The summed E-state index contributed by atoms with van der Waals surface area (Å²) in [7, 11) is 0. The van der Waals surface area contributed by atoms with Crippen molar-refractivity contribution in [1.82, 2.24) is 15.2 Å². The molecule has 0 aliphatic carbocycles. The molecule has 2 heterocycles. The molecular weight excluding hydrogens is 271 g/mol. The van der Waals surface area contributed by atoms with Crippen LogP contribution in [0.5, 0.6) is 5.88 Å². The van der Waals surface area contributed by atoms with Crippen LogP contribution in [0, 0.1) is 4.84 Å². The third-order valence-corrected chi connectivity index (χ3v) is 1.98. The number of aromatic nitrogens is 3. The second-order valence-corrected chi connectivity index (χ2v) is 3.58. The Morgan fingerprint density at radius 3 is 2.67 bits per heavy atom. The summed E-state index contributed by atoms with van der Waals surface area (Å²) in [6, 6.07) is 2.75. The molecule has 96 valence electrons. The Morgan fingerprint density at radius 1 is 1.39 bits per heavy atom. The summed E-state index contributed by atoms with van der Waals surface area (Å²) in [6.07, 6.45) is -3.12. The lowest BCUT2D eigenvalue weighted by atomic mass is 10.3. The van der Waals surface area contributed by atoms with Crippen molar-refractivity contribution < 1.29 is 22.3 Å². The lowest BCUT2D eigenvalue weighted by Crippen LogP contribution is -2.19. The van der Waals surface area contributed by atoms with Crippen LogP contribution in [0.25, 0.3) is 11.5 Å². The van der Waals surface area contributed by atoms with E-state index in [0.29, 0.717) is 5.56 Å². The summed E-state index contributed by atoms with van der Waals surface area (Å²) < 4.78 is 45.1. The van der Waals surface area contributed by atoms with Crippen LogP contribution in [0.1, 0.15) is 0 Å². The number of nitrogens with zero attached hydrogens (tertiary/aromatic N) is 2. The van der Waals surface area contributed by atoms with Crippen molar-refractivity contribution in [2.45, 2.75) is 6.18 Å². The molecule has 0 spiro atoms. The van der Waals surface area contributed by atoms with Crippen LogP contribution in [-0.2, 0) is 0 Å². The smallest absolute Gasteiger partial charge is 0.422 e. The third-order valence-electron chi connectivity index (χ3n) is 1.81. The Labute approximate surface area is 104 Å². The van der Waals surface area contributed by atoms with Gasteiger partial charge in [0.05, 0.1) is 5.56 Å². The number of ether oxygens (including phenoxy) is 1. The number of nitrogens with one attached hydrogen (secondary N) is 1. The van der Waals surface area contributed by atoms with Crippen LogP contribution in [0.4, 0.5) is 13.2 Å². The van der Waals surface area contributed by atoms with Crippen molar-refractivity contribution in [3.05, 3.63) is 23.2 Å². The highest BCUT2D eigenvalue weighted by Gasteiger charge is 2.28. The van der Waals surface area contributed by atoms with Gasteiger partial charge >= 0.3 is 6.18 Å². The standard InChI is InChI=1S/C9H6F3N3O2S/c10-9(11,12)4-16-6-2-1-5(3-13-6)7-14-15-8(18)17-7/h1-3H,4H2,(H,15,18). The van der Waals surface area contributed by atoms with Gasteiger partial charge in [0.2, 0.25) is 11.8 Å². The van der Waals surface area contributed by atoms with Crippen molar-refractivity contribution in [3.8, 4) is 17.3 Å². The molecule has 0 fully saturated rings. The van der Waals surface area contributed by atoms with E-state index in [-0.39, 0.29) is 16.6 Å². The molecular formula is C9H6F3N3O2S. The number of rotatable bonds is 3. The summed E-state index contributed by atoms with van der Waals surface area (Å²) in [5.41, 5.74) is 0.474. The topological polar surface area (TPSA) is 63.9 Å². The fraction of sp³-hybridized carbons (Fsp3) is 0.222. The molecule has 0 aliphatic heterocycles. The first-order valence-corrected chi connectivity index (χ1v) is 5.06. The highest BCUT2D eigenvalue weighted by Crippen LogP contribution is 2.20. The normalized spacial score (nSPS) is 11.5. The maximum absolute atomic E-state index is 11.9. The molecule has 1 N–H and O–H groups in total. The lowest BCUT2D eigenvalue weighted by Gasteiger charge is -2.07. The molecule has 5 nitrogen and oxygen atoms in total. The number of aromatic amines is 1. The van der Waals surface area contributed by atoms with E-state index >= 15 is 0 Å². The molecule has 0 aromatic carbocycles. The average molecular weight is 277 g/mol. The fourth-order valence-electron chi connectivity index (χ4n) is 1.10. The predicted octanol–water partition coefficient (Wildman–Crippen LogP) is 2.74. The third kappa shape index (κ3) is 3.29. The molecule has 0 unspecified atom stereocenters. The van der Waals surface area contributed by atoms with E-state index in [1.165, 1.54) is 18.3 Å². The van der Waals surface area contributed by atoms with Gasteiger partial charge in [0.25, 0.3) is 4.84 Å². The van der Waals surface area contributed by atoms with Crippen LogP contribution in [0.3, 0.4) is 0 Å². The summed E-state index contributed by atoms with van der Waals surface area (Å²) in [4.78, 5) is 3.80. The largest absolute Gasteiger partial charge is 0.468 e. The Bertz CT molecular complexity index is 576. The summed E-state index contributed by atoms with van der Waals surface area (Å²) in [5.74, 6) is 0.0695. The number of alkyl halides is 3. The SMILES string of the molecule is FC(F)(F)COc1ccc(-c2n[nH]c(=S)o2)cn1. The van der Waals surface area contributed by atoms with E-state index in [1.54, 1.807) is 0 Å². The zero-order chi connectivity index (χ0) is 13.2. The van der Waals surface area contributed by atoms with Crippen molar-refractivity contribution in [1.29, 1.82) is 0 Å². The minimum Gasteiger partial charge on any atom is -0.468 e. The molecule has 2 aromatic rings. The molecule has 0 radical (unpaired) electrons. The average Bonchev–Trinajstić information content (AvgIpc) is 2.73. The Kier molecular flexibility index (Phi) is 3.32. The fourth-order valence-corrected chi connectivity index (χ4v) is 1.23. The van der Waals surface area contributed by atoms with Crippen molar-refractivity contribution >= 4 is 12.2 Å². The van der Waals surface area contributed by atoms with Crippen LogP contribution in [-0.4, -0.2) is 28.0 Å². The molecule has 2 rings (SSSR count). The van der Waals surface area contributed by atoms with Gasteiger partial charge in [-0.05, 0) is 18.3 Å². The first-order chi connectivity index (χ1) is 8.44. The number of pyridine rings is 1. The van der Waals surface area contributed by atoms with Crippen LogP contribution in [0.15, 0.2) is 22.7 Å². The molecule has 9 heteroatoms. The van der Waals surface area contributed by atoms with Gasteiger partial charge in [0.1, 0.15) is 0 Å². The summed E-state index contributed by atoms with van der Waals surface area (Å²) >= 11 is 4.69. The van der Waals surface area contributed by atoms with E-state index in [0.717, 1.165) is 0 Å². The minimum atomic E-state index is -4.39. The minimum absolute atomic E-state index is 0.0994. The number of H-pyrrole nitrogens is 1. The summed E-state index contributed by atoms with van der Waals surface area (Å²) in [6.45, 7) is -1.39. The monoisotopic (exact) mass is 277 g/mol. The first kappa shape index (κ1) is 12.6. The zero-order valence-corrected chi connectivity index (χ0v) is 9.51. The molecule has 0 aliphatic rings. The van der Waals surface area contributed by atoms with Gasteiger partial charge in [-0.2, -0.15) is 13.2 Å². The lowest BCUT2D eigenvalue weighted by molar-refractivity contribution is -0.154. The molecule has 0 saturated heterocycles.